The average molecular weight is 382 g/mol. The van der Waals surface area contributed by atoms with E-state index in [2.05, 4.69) is 5.32 Å². The van der Waals surface area contributed by atoms with Gasteiger partial charge in [0.25, 0.3) is 0 Å². The van der Waals surface area contributed by atoms with Crippen LogP contribution in [0, 0.1) is 5.92 Å². The van der Waals surface area contributed by atoms with Gasteiger partial charge in [0, 0.05) is 32.6 Å². The van der Waals surface area contributed by atoms with Gasteiger partial charge >= 0.3 is 0 Å². The van der Waals surface area contributed by atoms with Crippen LogP contribution in [0.15, 0.2) is 29.2 Å². The lowest BCUT2D eigenvalue weighted by atomic mass is 10.1. The summed E-state index contributed by atoms with van der Waals surface area (Å²) in [5, 5.41) is 7.94. The smallest absolute Gasteiger partial charge is 0.238 e. The van der Waals surface area contributed by atoms with Crippen molar-refractivity contribution in [3.8, 4) is 0 Å². The summed E-state index contributed by atoms with van der Waals surface area (Å²) in [6.45, 7) is 2.23. The van der Waals surface area contributed by atoms with Crippen molar-refractivity contribution in [2.75, 3.05) is 40.3 Å². The zero-order chi connectivity index (χ0) is 19.3. The SMILES string of the molecule is CN(C)CCNC(=O)C1CC(=O)N(CCc2ccc(S(N)(=O)=O)cc2)C1. The first-order chi connectivity index (χ1) is 12.2. The molecule has 2 rings (SSSR count). The molecule has 1 atom stereocenters. The van der Waals surface area contributed by atoms with Gasteiger partial charge in [-0.3, -0.25) is 9.59 Å². The Morgan fingerprint density at radius 2 is 1.96 bits per heavy atom. The zero-order valence-corrected chi connectivity index (χ0v) is 16.0. The number of primary sulfonamides is 1. The molecule has 3 N–H and O–H groups in total. The lowest BCUT2D eigenvalue weighted by Crippen LogP contribution is -2.37. The molecule has 1 unspecified atom stereocenters. The third-order valence-electron chi connectivity index (χ3n) is 4.37. The molecule has 1 saturated heterocycles. The molecule has 9 heteroatoms. The maximum Gasteiger partial charge on any atom is 0.238 e. The highest BCUT2D eigenvalue weighted by Gasteiger charge is 2.33. The monoisotopic (exact) mass is 382 g/mol. The minimum atomic E-state index is -3.70. The minimum absolute atomic E-state index is 0.0288. The van der Waals surface area contributed by atoms with Crippen LogP contribution in [0.4, 0.5) is 0 Å². The molecule has 26 heavy (non-hydrogen) atoms. The molecule has 0 bridgehead atoms. The molecule has 0 spiro atoms. The number of hydrogen-bond acceptors (Lipinski definition) is 5. The maximum absolute atomic E-state index is 12.1. The fourth-order valence-electron chi connectivity index (χ4n) is 2.82. The molecule has 1 heterocycles. The molecule has 0 saturated carbocycles. The number of rotatable bonds is 8. The predicted molar refractivity (Wildman–Crippen MR) is 97.8 cm³/mol. The van der Waals surface area contributed by atoms with Gasteiger partial charge in [0.15, 0.2) is 0 Å². The Morgan fingerprint density at radius 1 is 1.31 bits per heavy atom. The molecular weight excluding hydrogens is 356 g/mol. The number of likely N-dealkylation sites (tertiary alicyclic amines) is 1. The number of benzene rings is 1. The Kier molecular flexibility index (Phi) is 6.74. The summed E-state index contributed by atoms with van der Waals surface area (Å²) in [6.07, 6.45) is 0.823. The van der Waals surface area contributed by atoms with Crippen molar-refractivity contribution in [1.29, 1.82) is 0 Å². The van der Waals surface area contributed by atoms with Crippen LogP contribution >= 0.6 is 0 Å². The maximum atomic E-state index is 12.1. The highest BCUT2D eigenvalue weighted by atomic mass is 32.2. The molecule has 1 aromatic rings. The van der Waals surface area contributed by atoms with Crippen molar-refractivity contribution in [1.82, 2.24) is 15.1 Å². The molecule has 0 radical (unpaired) electrons. The van der Waals surface area contributed by atoms with E-state index in [1.165, 1.54) is 12.1 Å². The van der Waals surface area contributed by atoms with E-state index in [-0.39, 0.29) is 29.0 Å². The third-order valence-corrected chi connectivity index (χ3v) is 5.30. The number of likely N-dealkylation sites (N-methyl/N-ethyl adjacent to an activating group) is 1. The molecular formula is C17H26N4O4S. The predicted octanol–water partition coefficient (Wildman–Crippen LogP) is -0.597. The number of nitrogens with one attached hydrogen (secondary N) is 1. The van der Waals surface area contributed by atoms with Crippen molar-refractivity contribution in [2.24, 2.45) is 11.1 Å². The number of carbonyl (C=O) groups is 2. The van der Waals surface area contributed by atoms with E-state index in [4.69, 9.17) is 5.14 Å². The Hall–Kier alpha value is -1.97. The Morgan fingerprint density at radius 3 is 2.54 bits per heavy atom. The van der Waals surface area contributed by atoms with Crippen LogP contribution in [0.5, 0.6) is 0 Å². The van der Waals surface area contributed by atoms with E-state index in [0.717, 1.165) is 12.1 Å². The quantitative estimate of drug-likeness (QED) is 0.624. The van der Waals surface area contributed by atoms with Crippen LogP contribution in [0.3, 0.4) is 0 Å². The highest BCUT2D eigenvalue weighted by molar-refractivity contribution is 7.89. The van der Waals surface area contributed by atoms with Gasteiger partial charge in [-0.25, -0.2) is 13.6 Å². The van der Waals surface area contributed by atoms with Crippen molar-refractivity contribution in [3.63, 3.8) is 0 Å². The molecule has 144 valence electrons. The Labute approximate surface area is 154 Å². The second-order valence-electron chi connectivity index (χ2n) is 6.77. The second kappa shape index (κ2) is 8.61. The van der Waals surface area contributed by atoms with Crippen LogP contribution in [0.1, 0.15) is 12.0 Å². The van der Waals surface area contributed by atoms with Crippen LogP contribution in [0.25, 0.3) is 0 Å². The van der Waals surface area contributed by atoms with Crippen LogP contribution in [-0.4, -0.2) is 70.3 Å². The largest absolute Gasteiger partial charge is 0.355 e. The molecule has 0 aliphatic carbocycles. The van der Waals surface area contributed by atoms with Crippen molar-refractivity contribution >= 4 is 21.8 Å². The van der Waals surface area contributed by atoms with Crippen LogP contribution in [0.2, 0.25) is 0 Å². The zero-order valence-electron chi connectivity index (χ0n) is 15.1. The number of carbonyl (C=O) groups excluding carboxylic acids is 2. The van der Waals surface area contributed by atoms with Gasteiger partial charge < -0.3 is 15.1 Å². The van der Waals surface area contributed by atoms with Crippen molar-refractivity contribution < 1.29 is 18.0 Å². The van der Waals surface area contributed by atoms with Crippen LogP contribution in [-0.2, 0) is 26.0 Å². The summed E-state index contributed by atoms with van der Waals surface area (Å²) in [6, 6.07) is 6.28. The van der Waals surface area contributed by atoms with Gasteiger partial charge in [0.2, 0.25) is 21.8 Å². The van der Waals surface area contributed by atoms with E-state index < -0.39 is 10.0 Å². The second-order valence-corrected chi connectivity index (χ2v) is 8.34. The van der Waals surface area contributed by atoms with Crippen molar-refractivity contribution in [3.05, 3.63) is 29.8 Å². The summed E-state index contributed by atoms with van der Waals surface area (Å²) >= 11 is 0. The molecule has 1 fully saturated rings. The molecule has 1 aliphatic heterocycles. The van der Waals surface area contributed by atoms with E-state index in [9.17, 15) is 18.0 Å². The van der Waals surface area contributed by atoms with Crippen molar-refractivity contribution in [2.45, 2.75) is 17.7 Å². The summed E-state index contributed by atoms with van der Waals surface area (Å²) in [5.74, 6) is -0.423. The first kappa shape index (κ1) is 20.3. The number of nitrogens with two attached hydrogens (primary N) is 1. The summed E-state index contributed by atoms with van der Waals surface area (Å²) in [5.41, 5.74) is 0.907. The molecule has 8 nitrogen and oxygen atoms in total. The molecule has 0 aromatic heterocycles. The molecule has 1 aromatic carbocycles. The van der Waals surface area contributed by atoms with Gasteiger partial charge in [-0.05, 0) is 38.2 Å². The van der Waals surface area contributed by atoms with E-state index in [1.54, 1.807) is 17.0 Å². The van der Waals surface area contributed by atoms with E-state index in [1.807, 2.05) is 19.0 Å². The van der Waals surface area contributed by atoms with Gasteiger partial charge in [-0.1, -0.05) is 12.1 Å². The number of sulfonamides is 1. The number of amides is 2. The summed E-state index contributed by atoms with van der Waals surface area (Å²) in [7, 11) is 0.165. The highest BCUT2D eigenvalue weighted by Crippen LogP contribution is 2.19. The van der Waals surface area contributed by atoms with E-state index >= 15 is 0 Å². The number of nitrogens with zero attached hydrogens (tertiary/aromatic N) is 2. The Balaban J connectivity index is 1.83. The topological polar surface area (TPSA) is 113 Å². The lowest BCUT2D eigenvalue weighted by molar-refractivity contribution is -0.129. The third kappa shape index (κ3) is 5.79. The fourth-order valence-corrected chi connectivity index (χ4v) is 3.34. The summed E-state index contributed by atoms with van der Waals surface area (Å²) < 4.78 is 22.5. The first-order valence-electron chi connectivity index (χ1n) is 8.49. The van der Waals surface area contributed by atoms with Gasteiger partial charge in [-0.2, -0.15) is 0 Å². The standard InChI is InChI=1S/C17H26N4O4S/c1-20(2)10-8-19-17(23)14-11-16(22)21(12-14)9-7-13-3-5-15(6-4-13)26(18,24)25/h3-6,14H,7-12H2,1-2H3,(H,19,23)(H2,18,24,25). The van der Waals surface area contributed by atoms with Gasteiger partial charge in [0.05, 0.1) is 10.8 Å². The van der Waals surface area contributed by atoms with Gasteiger partial charge in [-0.15, -0.1) is 0 Å². The fraction of sp³-hybridized carbons (Fsp3) is 0.529. The Bertz CT molecular complexity index is 747. The minimum Gasteiger partial charge on any atom is -0.355 e. The number of hydrogen-bond donors (Lipinski definition) is 2. The normalized spacial score (nSPS) is 17.8. The van der Waals surface area contributed by atoms with Gasteiger partial charge in [0.1, 0.15) is 0 Å². The lowest BCUT2D eigenvalue weighted by Gasteiger charge is -2.17. The molecule has 1 aliphatic rings. The first-order valence-corrected chi connectivity index (χ1v) is 10.0. The van der Waals surface area contributed by atoms with Crippen LogP contribution < -0.4 is 10.5 Å². The molecule has 2 amide bonds. The van der Waals surface area contributed by atoms with E-state index in [0.29, 0.717) is 26.1 Å². The summed E-state index contributed by atoms with van der Waals surface area (Å²) in [4.78, 5) is 28.0. The average Bonchev–Trinajstić information content (AvgIpc) is 2.93.